The molecular formula is C24H32BrN5O3S. The lowest BCUT2D eigenvalue weighted by Gasteiger charge is -2.43. The Morgan fingerprint density at radius 2 is 2.00 bits per heavy atom. The van der Waals surface area contributed by atoms with Crippen molar-refractivity contribution in [1.82, 2.24) is 20.2 Å². The summed E-state index contributed by atoms with van der Waals surface area (Å²) in [6, 6.07) is 4.42. The molecule has 10 heteroatoms. The number of aliphatic hydroxyl groups is 1. The van der Waals surface area contributed by atoms with Gasteiger partial charge in [0, 0.05) is 55.9 Å². The molecule has 2 fully saturated rings. The van der Waals surface area contributed by atoms with Crippen LogP contribution in [0, 0.1) is 0 Å². The number of carbonyl (C=O) groups excluding carboxylic acids is 1. The number of thiophene rings is 1. The maximum absolute atomic E-state index is 12.4. The molecule has 1 aliphatic carbocycles. The molecule has 0 radical (unpaired) electrons. The van der Waals surface area contributed by atoms with E-state index in [1.807, 2.05) is 6.07 Å². The van der Waals surface area contributed by atoms with Gasteiger partial charge in [0.25, 0.3) is 0 Å². The van der Waals surface area contributed by atoms with Crippen LogP contribution in [0.25, 0.3) is 0 Å². The number of aliphatic hydroxyl groups excluding tert-OH is 1. The highest BCUT2D eigenvalue weighted by molar-refractivity contribution is 9.11. The number of carbonyl (C=O) groups is 1. The number of nitrogens with zero attached hydrogens (tertiary/aromatic N) is 4. The summed E-state index contributed by atoms with van der Waals surface area (Å²) in [4.78, 5) is 27.2. The number of anilines is 1. The fourth-order valence-electron chi connectivity index (χ4n) is 5.51. The van der Waals surface area contributed by atoms with E-state index in [0.717, 1.165) is 84.3 Å². The van der Waals surface area contributed by atoms with Crippen molar-refractivity contribution in [2.45, 2.75) is 56.3 Å². The van der Waals surface area contributed by atoms with Crippen molar-refractivity contribution < 1.29 is 14.6 Å². The topological polar surface area (TPSA) is 90.8 Å². The Bertz CT molecular complexity index is 993. The standard InChI is InChI=1S/C24H32BrN5O3S/c1-15-12-18(32)22-21(15)24(27-14-26-22)30-8-6-29(7-9-30)23(28-16-4-10-33-11-5-16)17(13-31)19-2-3-20(25)34-19/h2-3,13-18,23,28,32H,4-12H2,1H3/t15-,17?,18+,23?/m1/s1. The average Bonchev–Trinajstić information content (AvgIpc) is 3.42. The van der Waals surface area contributed by atoms with Gasteiger partial charge in [0.05, 0.1) is 27.7 Å². The van der Waals surface area contributed by atoms with Crippen molar-refractivity contribution in [3.05, 3.63) is 38.4 Å². The molecule has 5 rings (SSSR count). The van der Waals surface area contributed by atoms with Crippen LogP contribution < -0.4 is 10.2 Å². The predicted octanol–water partition coefficient (Wildman–Crippen LogP) is 3.04. The molecule has 0 saturated carbocycles. The number of fused-ring (bicyclic) bond motifs is 1. The van der Waals surface area contributed by atoms with Gasteiger partial charge in [-0.2, -0.15) is 0 Å². The maximum atomic E-state index is 12.4. The normalized spacial score (nSPS) is 25.8. The molecule has 3 aliphatic rings. The van der Waals surface area contributed by atoms with E-state index in [1.165, 1.54) is 0 Å². The second-order valence-corrected chi connectivity index (χ2v) is 12.0. The summed E-state index contributed by atoms with van der Waals surface area (Å²) in [7, 11) is 0. The molecule has 8 nitrogen and oxygen atoms in total. The van der Waals surface area contributed by atoms with Gasteiger partial charge in [-0.3, -0.25) is 10.2 Å². The number of hydrogen-bond acceptors (Lipinski definition) is 9. The van der Waals surface area contributed by atoms with Crippen LogP contribution in [-0.2, 0) is 9.53 Å². The molecule has 2 aliphatic heterocycles. The largest absolute Gasteiger partial charge is 0.387 e. The third kappa shape index (κ3) is 4.94. The molecule has 0 aromatic carbocycles. The number of rotatable bonds is 7. The molecule has 0 spiro atoms. The van der Waals surface area contributed by atoms with Gasteiger partial charge < -0.3 is 19.5 Å². The molecule has 2 aromatic rings. The number of piperazine rings is 1. The quantitative estimate of drug-likeness (QED) is 0.509. The third-order valence-corrected chi connectivity index (χ3v) is 9.05. The fourth-order valence-corrected chi connectivity index (χ4v) is 7.02. The zero-order chi connectivity index (χ0) is 23.7. The monoisotopic (exact) mass is 549 g/mol. The van der Waals surface area contributed by atoms with Gasteiger partial charge in [-0.1, -0.05) is 6.92 Å². The summed E-state index contributed by atoms with van der Waals surface area (Å²) >= 11 is 5.19. The smallest absolute Gasteiger partial charge is 0.135 e. The average molecular weight is 551 g/mol. The maximum Gasteiger partial charge on any atom is 0.135 e. The summed E-state index contributed by atoms with van der Waals surface area (Å²) < 4.78 is 6.59. The lowest BCUT2D eigenvalue weighted by atomic mass is 10.0. The first-order valence-corrected chi connectivity index (χ1v) is 13.7. The number of nitrogens with one attached hydrogen (secondary N) is 1. The van der Waals surface area contributed by atoms with Crippen molar-refractivity contribution in [2.24, 2.45) is 0 Å². The SMILES string of the molecule is C[C@@H]1C[C@H](O)c2ncnc(N3CCN(C(NC4CCOCC4)C(C=O)c4ccc(Br)s4)CC3)c21. The Balaban J connectivity index is 1.34. The van der Waals surface area contributed by atoms with Crippen LogP contribution in [0.3, 0.4) is 0 Å². The second-order valence-electron chi connectivity index (χ2n) is 9.47. The summed E-state index contributed by atoms with van der Waals surface area (Å²) in [6.07, 6.45) is 4.74. The molecule has 0 bridgehead atoms. The van der Waals surface area contributed by atoms with Gasteiger partial charge in [-0.25, -0.2) is 9.97 Å². The first-order valence-electron chi connectivity index (χ1n) is 12.1. The minimum Gasteiger partial charge on any atom is -0.387 e. The van der Waals surface area contributed by atoms with E-state index in [2.05, 4.69) is 54.0 Å². The Labute approximate surface area is 212 Å². The lowest BCUT2D eigenvalue weighted by molar-refractivity contribution is -0.111. The molecule has 4 heterocycles. The molecule has 34 heavy (non-hydrogen) atoms. The number of aldehydes is 1. The molecule has 2 aromatic heterocycles. The number of hydrogen-bond donors (Lipinski definition) is 2. The first-order chi connectivity index (χ1) is 16.5. The highest BCUT2D eigenvalue weighted by Gasteiger charge is 2.37. The van der Waals surface area contributed by atoms with E-state index in [9.17, 15) is 9.90 Å². The molecule has 2 unspecified atom stereocenters. The van der Waals surface area contributed by atoms with Crippen LogP contribution in [0.15, 0.2) is 22.2 Å². The zero-order valence-corrected chi connectivity index (χ0v) is 21.8. The minimum atomic E-state index is -0.500. The predicted molar refractivity (Wildman–Crippen MR) is 135 cm³/mol. The van der Waals surface area contributed by atoms with Gasteiger partial charge in [0.2, 0.25) is 0 Å². The molecule has 4 atom stereocenters. The Morgan fingerprint density at radius 3 is 2.68 bits per heavy atom. The van der Waals surface area contributed by atoms with Crippen LogP contribution in [0.2, 0.25) is 0 Å². The Hall–Kier alpha value is -1.43. The Kier molecular flexibility index (Phi) is 7.62. The summed E-state index contributed by atoms with van der Waals surface area (Å²) in [5, 5.41) is 14.2. The first kappa shape index (κ1) is 24.3. The molecular weight excluding hydrogens is 518 g/mol. The van der Waals surface area contributed by atoms with E-state index in [0.29, 0.717) is 12.5 Å². The molecule has 2 N–H and O–H groups in total. The zero-order valence-electron chi connectivity index (χ0n) is 19.4. The van der Waals surface area contributed by atoms with E-state index in [-0.39, 0.29) is 18.0 Å². The molecule has 184 valence electrons. The van der Waals surface area contributed by atoms with Crippen molar-refractivity contribution >= 4 is 39.4 Å². The third-order valence-electron chi connectivity index (χ3n) is 7.32. The van der Waals surface area contributed by atoms with Crippen LogP contribution in [0.5, 0.6) is 0 Å². The molecule has 0 amide bonds. The van der Waals surface area contributed by atoms with Crippen molar-refractivity contribution in [3.8, 4) is 0 Å². The van der Waals surface area contributed by atoms with E-state index in [1.54, 1.807) is 17.7 Å². The fraction of sp³-hybridized carbons (Fsp3) is 0.625. The summed E-state index contributed by atoms with van der Waals surface area (Å²) in [6.45, 7) is 6.95. The van der Waals surface area contributed by atoms with Gasteiger partial charge in [0.15, 0.2) is 0 Å². The van der Waals surface area contributed by atoms with E-state index < -0.39 is 6.10 Å². The van der Waals surface area contributed by atoms with Crippen molar-refractivity contribution in [1.29, 1.82) is 0 Å². The lowest BCUT2D eigenvalue weighted by Crippen LogP contribution is -2.59. The number of aromatic nitrogens is 2. The highest BCUT2D eigenvalue weighted by Crippen LogP contribution is 2.43. The van der Waals surface area contributed by atoms with Gasteiger partial charge in [-0.15, -0.1) is 11.3 Å². The van der Waals surface area contributed by atoms with Crippen LogP contribution in [0.4, 0.5) is 5.82 Å². The van der Waals surface area contributed by atoms with Crippen LogP contribution in [0.1, 0.15) is 60.3 Å². The van der Waals surface area contributed by atoms with Gasteiger partial charge in [-0.05, 0) is 53.2 Å². The number of halogens is 1. The number of ether oxygens (including phenoxy) is 1. The van der Waals surface area contributed by atoms with Crippen molar-refractivity contribution in [2.75, 3.05) is 44.3 Å². The second kappa shape index (κ2) is 10.7. The van der Waals surface area contributed by atoms with Crippen LogP contribution >= 0.6 is 27.3 Å². The minimum absolute atomic E-state index is 0.0647. The highest BCUT2D eigenvalue weighted by atomic mass is 79.9. The summed E-state index contributed by atoms with van der Waals surface area (Å²) in [5.41, 5.74) is 1.87. The van der Waals surface area contributed by atoms with E-state index >= 15 is 0 Å². The van der Waals surface area contributed by atoms with Crippen molar-refractivity contribution in [3.63, 3.8) is 0 Å². The van der Waals surface area contributed by atoms with Gasteiger partial charge in [0.1, 0.15) is 18.4 Å². The summed E-state index contributed by atoms with van der Waals surface area (Å²) in [5.74, 6) is 0.972. The Morgan fingerprint density at radius 1 is 1.24 bits per heavy atom. The molecule has 2 saturated heterocycles. The van der Waals surface area contributed by atoms with E-state index in [4.69, 9.17) is 4.74 Å². The van der Waals surface area contributed by atoms with Gasteiger partial charge >= 0.3 is 0 Å². The van der Waals surface area contributed by atoms with Crippen LogP contribution in [-0.4, -0.2) is 77.9 Å².